The summed E-state index contributed by atoms with van der Waals surface area (Å²) in [6, 6.07) is 9.01. The first-order valence-electron chi connectivity index (χ1n) is 4.83. The van der Waals surface area contributed by atoms with E-state index in [4.69, 9.17) is 16.1 Å². The standard InChI is InChI=1S/C12H10ClNO2/c1-8(15)9-2-4-10(5-3-9)12-6-11(7-13)16-14-12/h2-6H,7H2,1H3. The van der Waals surface area contributed by atoms with Gasteiger partial charge in [0.15, 0.2) is 11.5 Å². The molecule has 0 spiro atoms. The fourth-order valence-corrected chi connectivity index (χ4v) is 1.51. The molecule has 0 aliphatic carbocycles. The number of Topliss-reactive ketones (excluding diaryl/α,β-unsaturated/α-hetero) is 1. The second-order valence-corrected chi connectivity index (χ2v) is 3.71. The number of benzene rings is 1. The van der Waals surface area contributed by atoms with Crippen LogP contribution in [-0.4, -0.2) is 10.9 Å². The van der Waals surface area contributed by atoms with Crippen molar-refractivity contribution in [3.63, 3.8) is 0 Å². The van der Waals surface area contributed by atoms with Crippen LogP contribution >= 0.6 is 11.6 Å². The third-order valence-corrected chi connectivity index (χ3v) is 2.54. The van der Waals surface area contributed by atoms with Crippen LogP contribution in [0.2, 0.25) is 0 Å². The zero-order valence-electron chi connectivity index (χ0n) is 8.74. The molecule has 0 bridgehead atoms. The van der Waals surface area contributed by atoms with Gasteiger partial charge in [-0.15, -0.1) is 11.6 Å². The quantitative estimate of drug-likeness (QED) is 0.606. The van der Waals surface area contributed by atoms with Crippen LogP contribution in [0.5, 0.6) is 0 Å². The first kappa shape index (κ1) is 10.9. The molecule has 3 nitrogen and oxygen atoms in total. The Hall–Kier alpha value is -1.61. The number of hydrogen-bond donors (Lipinski definition) is 0. The topological polar surface area (TPSA) is 43.1 Å². The van der Waals surface area contributed by atoms with Crippen molar-refractivity contribution in [3.05, 3.63) is 41.7 Å². The first-order chi connectivity index (χ1) is 7.70. The smallest absolute Gasteiger partial charge is 0.159 e. The van der Waals surface area contributed by atoms with E-state index in [-0.39, 0.29) is 5.78 Å². The van der Waals surface area contributed by atoms with Crippen molar-refractivity contribution in [1.82, 2.24) is 5.16 Å². The molecule has 1 aromatic carbocycles. The van der Waals surface area contributed by atoms with Gasteiger partial charge in [-0.1, -0.05) is 29.4 Å². The van der Waals surface area contributed by atoms with Crippen LogP contribution in [0.25, 0.3) is 11.3 Å². The number of hydrogen-bond acceptors (Lipinski definition) is 3. The Morgan fingerprint density at radius 3 is 2.56 bits per heavy atom. The van der Waals surface area contributed by atoms with Gasteiger partial charge >= 0.3 is 0 Å². The van der Waals surface area contributed by atoms with E-state index in [1.807, 2.05) is 12.1 Å². The van der Waals surface area contributed by atoms with Gasteiger partial charge in [0.2, 0.25) is 0 Å². The number of rotatable bonds is 3. The van der Waals surface area contributed by atoms with Crippen LogP contribution in [-0.2, 0) is 5.88 Å². The normalized spacial score (nSPS) is 10.4. The maximum Gasteiger partial charge on any atom is 0.159 e. The van der Waals surface area contributed by atoms with Gasteiger partial charge in [-0.3, -0.25) is 4.79 Å². The largest absolute Gasteiger partial charge is 0.359 e. The average molecular weight is 236 g/mol. The predicted octanol–water partition coefficient (Wildman–Crippen LogP) is 3.28. The molecule has 0 aliphatic rings. The lowest BCUT2D eigenvalue weighted by atomic mass is 10.1. The molecule has 1 heterocycles. The molecule has 0 fully saturated rings. The SMILES string of the molecule is CC(=O)c1ccc(-c2cc(CCl)on2)cc1. The van der Waals surface area contributed by atoms with Crippen molar-refractivity contribution in [2.45, 2.75) is 12.8 Å². The number of alkyl halides is 1. The molecule has 0 saturated heterocycles. The van der Waals surface area contributed by atoms with Crippen LogP contribution in [0.1, 0.15) is 23.0 Å². The Morgan fingerprint density at radius 1 is 1.38 bits per heavy atom. The summed E-state index contributed by atoms with van der Waals surface area (Å²) in [4.78, 5) is 11.1. The Labute approximate surface area is 98.0 Å². The van der Waals surface area contributed by atoms with E-state index >= 15 is 0 Å². The number of carbonyl (C=O) groups excluding carboxylic acids is 1. The fraction of sp³-hybridized carbons (Fsp3) is 0.167. The molecule has 4 heteroatoms. The van der Waals surface area contributed by atoms with Crippen LogP contribution in [0, 0.1) is 0 Å². The lowest BCUT2D eigenvalue weighted by Crippen LogP contribution is -1.90. The van der Waals surface area contributed by atoms with E-state index in [0.29, 0.717) is 17.2 Å². The minimum absolute atomic E-state index is 0.0492. The number of halogens is 1. The van der Waals surface area contributed by atoms with Crippen LogP contribution in [0.3, 0.4) is 0 Å². The molecule has 82 valence electrons. The number of aromatic nitrogens is 1. The van der Waals surface area contributed by atoms with Crippen LogP contribution in [0.4, 0.5) is 0 Å². The molecule has 1 aromatic heterocycles. The van der Waals surface area contributed by atoms with Gasteiger partial charge in [0.25, 0.3) is 0 Å². The summed E-state index contributed by atoms with van der Waals surface area (Å²) in [5.41, 5.74) is 2.32. The molecule has 0 N–H and O–H groups in total. The molecule has 2 rings (SSSR count). The summed E-state index contributed by atoms with van der Waals surface area (Å²) in [5, 5.41) is 3.89. The van der Waals surface area contributed by atoms with Gasteiger partial charge in [-0.2, -0.15) is 0 Å². The molecule has 16 heavy (non-hydrogen) atoms. The maximum absolute atomic E-state index is 11.1. The van der Waals surface area contributed by atoms with Crippen molar-refractivity contribution in [2.24, 2.45) is 0 Å². The second kappa shape index (κ2) is 4.49. The lowest BCUT2D eigenvalue weighted by molar-refractivity contribution is 0.101. The van der Waals surface area contributed by atoms with Crippen molar-refractivity contribution >= 4 is 17.4 Å². The zero-order valence-corrected chi connectivity index (χ0v) is 9.49. The van der Waals surface area contributed by atoms with Gasteiger partial charge in [0.1, 0.15) is 5.69 Å². The zero-order chi connectivity index (χ0) is 11.5. The summed E-state index contributed by atoms with van der Waals surface area (Å²) in [5.74, 6) is 0.985. The van der Waals surface area contributed by atoms with Gasteiger partial charge in [-0.05, 0) is 6.92 Å². The molecule has 0 atom stereocenters. The van der Waals surface area contributed by atoms with E-state index < -0.39 is 0 Å². The highest BCUT2D eigenvalue weighted by molar-refractivity contribution is 6.16. The Bertz CT molecular complexity index is 502. The Morgan fingerprint density at radius 2 is 2.06 bits per heavy atom. The van der Waals surface area contributed by atoms with Gasteiger partial charge in [0, 0.05) is 17.2 Å². The molecule has 2 aromatic rings. The summed E-state index contributed by atoms with van der Waals surface area (Å²) in [7, 11) is 0. The van der Waals surface area contributed by atoms with E-state index in [1.54, 1.807) is 18.2 Å². The number of nitrogens with zero attached hydrogens (tertiary/aromatic N) is 1. The highest BCUT2D eigenvalue weighted by atomic mass is 35.5. The minimum atomic E-state index is 0.0492. The molecular formula is C12H10ClNO2. The van der Waals surface area contributed by atoms with Crippen molar-refractivity contribution < 1.29 is 9.32 Å². The third kappa shape index (κ3) is 2.14. The highest BCUT2D eigenvalue weighted by Crippen LogP contribution is 2.20. The fourth-order valence-electron chi connectivity index (χ4n) is 1.39. The van der Waals surface area contributed by atoms with E-state index in [2.05, 4.69) is 5.16 Å². The number of carbonyl (C=O) groups is 1. The number of ketones is 1. The molecule has 0 radical (unpaired) electrons. The van der Waals surface area contributed by atoms with Crippen molar-refractivity contribution in [3.8, 4) is 11.3 Å². The summed E-state index contributed by atoms with van der Waals surface area (Å²) in [6.07, 6.45) is 0. The van der Waals surface area contributed by atoms with Gasteiger partial charge in [-0.25, -0.2) is 0 Å². The Balaban J connectivity index is 2.30. The first-order valence-corrected chi connectivity index (χ1v) is 5.37. The molecule has 0 saturated carbocycles. The van der Waals surface area contributed by atoms with E-state index in [9.17, 15) is 4.79 Å². The van der Waals surface area contributed by atoms with Gasteiger partial charge < -0.3 is 4.52 Å². The monoisotopic (exact) mass is 235 g/mol. The average Bonchev–Trinajstić information content (AvgIpc) is 2.77. The highest BCUT2D eigenvalue weighted by Gasteiger charge is 2.06. The summed E-state index contributed by atoms with van der Waals surface area (Å²) >= 11 is 5.62. The van der Waals surface area contributed by atoms with Gasteiger partial charge in [0.05, 0.1) is 5.88 Å². The molecule has 0 unspecified atom stereocenters. The van der Waals surface area contributed by atoms with Crippen LogP contribution in [0.15, 0.2) is 34.9 Å². The third-order valence-electron chi connectivity index (χ3n) is 2.28. The van der Waals surface area contributed by atoms with Crippen molar-refractivity contribution in [2.75, 3.05) is 0 Å². The van der Waals surface area contributed by atoms with E-state index in [0.717, 1.165) is 11.3 Å². The lowest BCUT2D eigenvalue weighted by Gasteiger charge is -1.97. The van der Waals surface area contributed by atoms with Crippen LogP contribution < -0.4 is 0 Å². The molecule has 0 amide bonds. The molecular weight excluding hydrogens is 226 g/mol. The summed E-state index contributed by atoms with van der Waals surface area (Å²) in [6.45, 7) is 1.54. The molecule has 0 aliphatic heterocycles. The maximum atomic E-state index is 11.1. The van der Waals surface area contributed by atoms with Crippen molar-refractivity contribution in [1.29, 1.82) is 0 Å². The second-order valence-electron chi connectivity index (χ2n) is 3.45. The predicted molar refractivity (Wildman–Crippen MR) is 61.5 cm³/mol. The minimum Gasteiger partial charge on any atom is -0.359 e. The summed E-state index contributed by atoms with van der Waals surface area (Å²) < 4.78 is 5.00. The van der Waals surface area contributed by atoms with E-state index in [1.165, 1.54) is 6.92 Å². The Kier molecular flexibility index (Phi) is 3.06.